The summed E-state index contributed by atoms with van der Waals surface area (Å²) in [6.07, 6.45) is 3.80. The molecule has 2 fully saturated rings. The van der Waals surface area contributed by atoms with Crippen molar-refractivity contribution in [3.05, 3.63) is 16.0 Å². The fraction of sp³-hybridized carbons (Fsp3) is 0.739. The maximum absolute atomic E-state index is 12.5. The van der Waals surface area contributed by atoms with Gasteiger partial charge < -0.3 is 19.7 Å². The van der Waals surface area contributed by atoms with Crippen LogP contribution in [0.1, 0.15) is 76.5 Å². The Balaban J connectivity index is 1.77. The van der Waals surface area contributed by atoms with Crippen LogP contribution in [0, 0.1) is 18.3 Å². The van der Waals surface area contributed by atoms with Crippen molar-refractivity contribution in [2.45, 2.75) is 78.9 Å². The summed E-state index contributed by atoms with van der Waals surface area (Å²) in [5.74, 6) is 0.702. The molecule has 2 heterocycles. The number of hydrogen-bond donors (Lipinski definition) is 1. The molecule has 1 aliphatic carbocycles. The van der Waals surface area contributed by atoms with Crippen LogP contribution in [0.3, 0.4) is 0 Å². The zero-order chi connectivity index (χ0) is 23.7. The summed E-state index contributed by atoms with van der Waals surface area (Å²) in [6, 6.07) is -0.00531. The van der Waals surface area contributed by atoms with Gasteiger partial charge in [0.1, 0.15) is 10.2 Å². The summed E-state index contributed by atoms with van der Waals surface area (Å²) < 4.78 is 11.2. The van der Waals surface area contributed by atoms with Crippen LogP contribution in [0.5, 0.6) is 0 Å². The minimum absolute atomic E-state index is 0.00531. The largest absolute Gasteiger partial charge is 0.461 e. The van der Waals surface area contributed by atoms with Gasteiger partial charge in [-0.25, -0.2) is 19.6 Å². The third kappa shape index (κ3) is 5.53. The van der Waals surface area contributed by atoms with E-state index in [0.29, 0.717) is 16.3 Å². The Bertz CT molecular complexity index is 858. The zero-order valence-corrected chi connectivity index (χ0v) is 21.5. The van der Waals surface area contributed by atoms with Gasteiger partial charge in [0.05, 0.1) is 12.3 Å². The molecule has 9 heteroatoms. The van der Waals surface area contributed by atoms with Gasteiger partial charge in [0, 0.05) is 19.1 Å². The van der Waals surface area contributed by atoms with Gasteiger partial charge >= 0.3 is 12.1 Å². The molecule has 0 spiro atoms. The lowest BCUT2D eigenvalue weighted by molar-refractivity contribution is 0.0395. The highest BCUT2D eigenvalue weighted by Crippen LogP contribution is 2.54. The van der Waals surface area contributed by atoms with Crippen molar-refractivity contribution in [3.8, 4) is 0 Å². The van der Waals surface area contributed by atoms with E-state index < -0.39 is 11.6 Å². The highest BCUT2D eigenvalue weighted by atomic mass is 79.9. The third-order valence-electron chi connectivity index (χ3n) is 6.44. The van der Waals surface area contributed by atoms with E-state index >= 15 is 0 Å². The maximum Gasteiger partial charge on any atom is 0.407 e. The number of halogens is 1. The molecule has 1 unspecified atom stereocenters. The van der Waals surface area contributed by atoms with Crippen LogP contribution >= 0.6 is 15.9 Å². The van der Waals surface area contributed by atoms with E-state index in [1.807, 2.05) is 27.7 Å². The van der Waals surface area contributed by atoms with Crippen molar-refractivity contribution in [3.63, 3.8) is 0 Å². The second-order valence-electron chi connectivity index (χ2n) is 9.85. The topological polar surface area (TPSA) is 93.6 Å². The quantitative estimate of drug-likeness (QED) is 0.557. The molecule has 178 valence electrons. The van der Waals surface area contributed by atoms with E-state index in [1.165, 1.54) is 12.8 Å². The molecule has 0 bridgehead atoms. The van der Waals surface area contributed by atoms with Crippen molar-refractivity contribution in [1.29, 1.82) is 0 Å². The molecule has 1 atom stereocenters. The molecule has 1 aromatic heterocycles. The van der Waals surface area contributed by atoms with E-state index in [9.17, 15) is 9.59 Å². The van der Waals surface area contributed by atoms with E-state index in [-0.39, 0.29) is 29.9 Å². The number of hydrogen-bond acceptors (Lipinski definition) is 7. The van der Waals surface area contributed by atoms with Crippen LogP contribution in [-0.2, 0) is 9.47 Å². The van der Waals surface area contributed by atoms with E-state index in [0.717, 1.165) is 31.6 Å². The zero-order valence-electron chi connectivity index (χ0n) is 20.0. The summed E-state index contributed by atoms with van der Waals surface area (Å²) in [6.45, 7) is 13.1. The molecule has 1 saturated carbocycles. The first-order chi connectivity index (χ1) is 15.0. The number of anilines is 1. The summed E-state index contributed by atoms with van der Waals surface area (Å²) in [7, 11) is 0. The Hall–Kier alpha value is -1.90. The van der Waals surface area contributed by atoms with E-state index in [4.69, 9.17) is 9.47 Å². The Labute approximate surface area is 199 Å². The highest BCUT2D eigenvalue weighted by Gasteiger charge is 2.51. The lowest BCUT2D eigenvalue weighted by Crippen LogP contribution is -2.54. The first-order valence-electron chi connectivity index (χ1n) is 11.4. The fourth-order valence-electron chi connectivity index (χ4n) is 4.66. The number of carbonyl (C=O) groups is 2. The standard InChI is InChI=1S/C23H35BrN4O4/c1-7-31-20(29)17-19(25-14(2)18(24)27-17)28-12-10-23(11-13-28,16-8-9-16)15(3)26-21(30)32-22(4,5)6/h15-16H,7-13H2,1-6H3,(H,26,30). The number of rotatable bonds is 6. The number of aromatic nitrogens is 2. The fourth-order valence-corrected chi connectivity index (χ4v) is 4.93. The molecule has 3 rings (SSSR count). The summed E-state index contributed by atoms with van der Waals surface area (Å²) in [5.41, 5.74) is 0.451. The molecule has 1 saturated heterocycles. The van der Waals surface area contributed by atoms with Gasteiger partial charge in [-0.05, 0) is 94.5 Å². The second kappa shape index (κ2) is 9.53. The van der Waals surface area contributed by atoms with Crippen molar-refractivity contribution in [2.24, 2.45) is 11.3 Å². The van der Waals surface area contributed by atoms with Gasteiger partial charge in [-0.15, -0.1) is 0 Å². The number of aryl methyl sites for hydroxylation is 1. The minimum atomic E-state index is -0.526. The van der Waals surface area contributed by atoms with Crippen molar-refractivity contribution < 1.29 is 19.1 Å². The van der Waals surface area contributed by atoms with E-state index in [2.05, 4.69) is 43.0 Å². The number of piperidine rings is 1. The first kappa shape index (κ1) is 24.7. The lowest BCUT2D eigenvalue weighted by atomic mass is 9.69. The number of amides is 1. The molecule has 1 N–H and O–H groups in total. The molecule has 8 nitrogen and oxygen atoms in total. The molecule has 0 aromatic carbocycles. The van der Waals surface area contributed by atoms with Crippen LogP contribution in [0.15, 0.2) is 4.60 Å². The molecule has 32 heavy (non-hydrogen) atoms. The van der Waals surface area contributed by atoms with Crippen molar-refractivity contribution in [2.75, 3.05) is 24.6 Å². The van der Waals surface area contributed by atoms with Gasteiger partial charge in [-0.2, -0.15) is 0 Å². The third-order valence-corrected chi connectivity index (χ3v) is 7.19. The maximum atomic E-state index is 12.5. The van der Waals surface area contributed by atoms with Gasteiger partial charge in [-0.3, -0.25) is 0 Å². The number of ether oxygens (including phenoxy) is 2. The lowest BCUT2D eigenvalue weighted by Gasteiger charge is -2.46. The van der Waals surface area contributed by atoms with Gasteiger partial charge in [-0.1, -0.05) is 0 Å². The Morgan fingerprint density at radius 1 is 1.25 bits per heavy atom. The number of esters is 1. The molecular weight excluding hydrogens is 476 g/mol. The Morgan fingerprint density at radius 3 is 2.41 bits per heavy atom. The Kier molecular flexibility index (Phi) is 7.37. The first-order valence-corrected chi connectivity index (χ1v) is 12.2. The number of nitrogens with one attached hydrogen (secondary N) is 1. The number of alkyl carbamates (subject to hydrolysis) is 1. The van der Waals surface area contributed by atoms with Crippen LogP contribution in [0.2, 0.25) is 0 Å². The summed E-state index contributed by atoms with van der Waals surface area (Å²) in [5, 5.41) is 3.10. The Morgan fingerprint density at radius 2 is 1.88 bits per heavy atom. The predicted molar refractivity (Wildman–Crippen MR) is 126 cm³/mol. The van der Waals surface area contributed by atoms with Gasteiger partial charge in [0.2, 0.25) is 0 Å². The average molecular weight is 511 g/mol. The molecule has 2 aliphatic rings. The van der Waals surface area contributed by atoms with Crippen molar-refractivity contribution in [1.82, 2.24) is 15.3 Å². The normalized spacial score (nSPS) is 19.3. The molecule has 1 amide bonds. The number of carbonyl (C=O) groups excluding carboxylic acids is 2. The smallest absolute Gasteiger partial charge is 0.407 e. The second-order valence-corrected chi connectivity index (χ2v) is 10.6. The van der Waals surface area contributed by atoms with E-state index in [1.54, 1.807) is 6.92 Å². The van der Waals surface area contributed by atoms with Crippen LogP contribution in [0.4, 0.5) is 10.6 Å². The van der Waals surface area contributed by atoms with Crippen LogP contribution in [0.25, 0.3) is 0 Å². The minimum Gasteiger partial charge on any atom is -0.461 e. The molecular formula is C23H35BrN4O4. The molecule has 1 aromatic rings. The van der Waals surface area contributed by atoms with Gasteiger partial charge in [0.15, 0.2) is 11.5 Å². The highest BCUT2D eigenvalue weighted by molar-refractivity contribution is 9.10. The monoisotopic (exact) mass is 510 g/mol. The van der Waals surface area contributed by atoms with Crippen LogP contribution in [-0.4, -0.2) is 53.4 Å². The van der Waals surface area contributed by atoms with Gasteiger partial charge in [0.25, 0.3) is 0 Å². The number of nitrogens with zero attached hydrogens (tertiary/aromatic N) is 3. The molecule has 0 radical (unpaired) electrons. The predicted octanol–water partition coefficient (Wildman–Crippen LogP) is 4.63. The summed E-state index contributed by atoms with van der Waals surface area (Å²) >= 11 is 3.38. The average Bonchev–Trinajstić information content (AvgIpc) is 3.54. The van der Waals surface area contributed by atoms with Crippen LogP contribution < -0.4 is 10.2 Å². The molecule has 1 aliphatic heterocycles. The SMILES string of the molecule is CCOC(=O)c1nc(Br)c(C)nc1N1CCC(C2CC2)(C(C)NC(=O)OC(C)(C)C)CC1. The summed E-state index contributed by atoms with van der Waals surface area (Å²) in [4.78, 5) is 36.2. The van der Waals surface area contributed by atoms with Crippen molar-refractivity contribution >= 4 is 33.8 Å².